The van der Waals surface area contributed by atoms with Crippen LogP contribution in [0.15, 0.2) is 35.7 Å². The number of aryl methyl sites for hydroxylation is 1. The van der Waals surface area contributed by atoms with Crippen molar-refractivity contribution in [2.24, 2.45) is 12.8 Å². The first-order valence-corrected chi connectivity index (χ1v) is 7.17. The zero-order valence-electron chi connectivity index (χ0n) is 11.0. The van der Waals surface area contributed by atoms with E-state index in [1.165, 1.54) is 0 Å². The molecule has 0 spiro atoms. The SMILES string of the molecule is Cn1cnnc1SCCCOc1ccccc1CN. The Morgan fingerprint density at radius 3 is 2.95 bits per heavy atom. The first kappa shape index (κ1) is 13.9. The summed E-state index contributed by atoms with van der Waals surface area (Å²) in [4.78, 5) is 0. The summed E-state index contributed by atoms with van der Waals surface area (Å²) in [6.45, 7) is 1.19. The molecule has 1 heterocycles. The first-order chi connectivity index (χ1) is 9.31. The number of rotatable bonds is 7. The highest BCUT2D eigenvalue weighted by molar-refractivity contribution is 7.99. The summed E-state index contributed by atoms with van der Waals surface area (Å²) in [6, 6.07) is 7.88. The molecule has 0 atom stereocenters. The summed E-state index contributed by atoms with van der Waals surface area (Å²) < 4.78 is 7.65. The van der Waals surface area contributed by atoms with Gasteiger partial charge in [0.25, 0.3) is 0 Å². The Labute approximate surface area is 117 Å². The van der Waals surface area contributed by atoms with Gasteiger partial charge in [0.15, 0.2) is 5.16 Å². The fraction of sp³-hybridized carbons (Fsp3) is 0.385. The number of hydrogen-bond donors (Lipinski definition) is 1. The third-order valence-electron chi connectivity index (χ3n) is 2.64. The molecule has 0 bridgehead atoms. The van der Waals surface area contributed by atoms with Crippen molar-refractivity contribution in [1.82, 2.24) is 14.8 Å². The average molecular weight is 278 g/mol. The molecule has 1 aromatic heterocycles. The van der Waals surface area contributed by atoms with Gasteiger partial charge in [-0.05, 0) is 12.5 Å². The summed E-state index contributed by atoms with van der Waals surface area (Å²) in [6.07, 6.45) is 2.66. The van der Waals surface area contributed by atoms with E-state index < -0.39 is 0 Å². The molecule has 6 heteroatoms. The number of para-hydroxylation sites is 1. The molecule has 1 aromatic carbocycles. The zero-order chi connectivity index (χ0) is 13.5. The summed E-state index contributed by atoms with van der Waals surface area (Å²) >= 11 is 1.68. The van der Waals surface area contributed by atoms with Crippen molar-refractivity contribution in [3.8, 4) is 5.75 Å². The quantitative estimate of drug-likeness (QED) is 0.618. The van der Waals surface area contributed by atoms with Crippen LogP contribution in [0.1, 0.15) is 12.0 Å². The fourth-order valence-corrected chi connectivity index (χ4v) is 2.42. The van der Waals surface area contributed by atoms with E-state index in [2.05, 4.69) is 10.2 Å². The molecule has 0 aliphatic carbocycles. The van der Waals surface area contributed by atoms with Crippen LogP contribution in [0.5, 0.6) is 5.75 Å². The van der Waals surface area contributed by atoms with Gasteiger partial charge in [0, 0.05) is 24.9 Å². The second kappa shape index (κ2) is 7.16. The smallest absolute Gasteiger partial charge is 0.190 e. The Hall–Kier alpha value is -1.53. The topological polar surface area (TPSA) is 66.0 Å². The maximum Gasteiger partial charge on any atom is 0.190 e. The van der Waals surface area contributed by atoms with Gasteiger partial charge >= 0.3 is 0 Å². The van der Waals surface area contributed by atoms with E-state index >= 15 is 0 Å². The Bertz CT molecular complexity index is 515. The summed E-state index contributed by atoms with van der Waals surface area (Å²) in [7, 11) is 1.94. The molecule has 0 unspecified atom stereocenters. The third-order valence-corrected chi connectivity index (χ3v) is 3.76. The molecule has 0 saturated carbocycles. The first-order valence-electron chi connectivity index (χ1n) is 6.19. The molecule has 2 N–H and O–H groups in total. The Morgan fingerprint density at radius 1 is 1.37 bits per heavy atom. The monoisotopic (exact) mass is 278 g/mol. The van der Waals surface area contributed by atoms with E-state index in [4.69, 9.17) is 10.5 Å². The number of aromatic nitrogens is 3. The van der Waals surface area contributed by atoms with Gasteiger partial charge < -0.3 is 15.0 Å². The highest BCUT2D eigenvalue weighted by Crippen LogP contribution is 2.18. The second-order valence-corrected chi connectivity index (χ2v) is 5.15. The van der Waals surface area contributed by atoms with E-state index in [1.807, 2.05) is 35.9 Å². The van der Waals surface area contributed by atoms with Crippen LogP contribution in [-0.2, 0) is 13.6 Å². The lowest BCUT2D eigenvalue weighted by atomic mass is 10.2. The number of hydrogen-bond acceptors (Lipinski definition) is 5. The van der Waals surface area contributed by atoms with E-state index in [0.717, 1.165) is 28.6 Å². The van der Waals surface area contributed by atoms with Gasteiger partial charge in [-0.25, -0.2) is 0 Å². The number of benzene rings is 1. The fourth-order valence-electron chi connectivity index (χ4n) is 1.62. The number of nitrogens with two attached hydrogens (primary N) is 1. The highest BCUT2D eigenvalue weighted by atomic mass is 32.2. The van der Waals surface area contributed by atoms with Crippen molar-refractivity contribution in [3.63, 3.8) is 0 Å². The van der Waals surface area contributed by atoms with Crippen LogP contribution < -0.4 is 10.5 Å². The average Bonchev–Trinajstić information content (AvgIpc) is 2.84. The van der Waals surface area contributed by atoms with Crippen LogP contribution in [0.2, 0.25) is 0 Å². The van der Waals surface area contributed by atoms with Gasteiger partial charge in [-0.2, -0.15) is 0 Å². The molecule has 0 fully saturated rings. The molecule has 2 rings (SSSR count). The van der Waals surface area contributed by atoms with Crippen LogP contribution in [0.25, 0.3) is 0 Å². The van der Waals surface area contributed by atoms with Crippen molar-refractivity contribution in [2.75, 3.05) is 12.4 Å². The number of nitrogens with zero attached hydrogens (tertiary/aromatic N) is 3. The third kappa shape index (κ3) is 3.97. The lowest BCUT2D eigenvalue weighted by Gasteiger charge is -2.09. The normalized spacial score (nSPS) is 10.6. The Morgan fingerprint density at radius 2 is 2.21 bits per heavy atom. The van der Waals surface area contributed by atoms with E-state index in [9.17, 15) is 0 Å². The van der Waals surface area contributed by atoms with E-state index in [1.54, 1.807) is 18.1 Å². The minimum Gasteiger partial charge on any atom is -0.493 e. The lowest BCUT2D eigenvalue weighted by Crippen LogP contribution is -2.04. The van der Waals surface area contributed by atoms with Crippen LogP contribution >= 0.6 is 11.8 Å². The largest absolute Gasteiger partial charge is 0.493 e. The molecule has 0 amide bonds. The van der Waals surface area contributed by atoms with Gasteiger partial charge in [-0.15, -0.1) is 10.2 Å². The van der Waals surface area contributed by atoms with Gasteiger partial charge in [0.1, 0.15) is 12.1 Å². The zero-order valence-corrected chi connectivity index (χ0v) is 11.8. The van der Waals surface area contributed by atoms with Gasteiger partial charge in [-0.3, -0.25) is 0 Å². The highest BCUT2D eigenvalue weighted by Gasteiger charge is 2.02. The maximum absolute atomic E-state index is 5.74. The molecule has 0 saturated heterocycles. The molecule has 5 nitrogen and oxygen atoms in total. The van der Waals surface area contributed by atoms with Crippen LogP contribution in [0.4, 0.5) is 0 Å². The lowest BCUT2D eigenvalue weighted by molar-refractivity contribution is 0.315. The molecule has 0 radical (unpaired) electrons. The van der Waals surface area contributed by atoms with Gasteiger partial charge in [0.05, 0.1) is 6.61 Å². The maximum atomic E-state index is 5.74. The number of ether oxygens (including phenoxy) is 1. The Kier molecular flexibility index (Phi) is 5.23. The molecule has 19 heavy (non-hydrogen) atoms. The van der Waals surface area contributed by atoms with Gasteiger partial charge in [0.2, 0.25) is 0 Å². The molecular weight excluding hydrogens is 260 g/mol. The van der Waals surface area contributed by atoms with Crippen molar-refractivity contribution >= 4 is 11.8 Å². The van der Waals surface area contributed by atoms with Crippen molar-refractivity contribution in [1.29, 1.82) is 0 Å². The van der Waals surface area contributed by atoms with Gasteiger partial charge in [-0.1, -0.05) is 30.0 Å². The number of thioether (sulfide) groups is 1. The molecule has 2 aromatic rings. The molecule has 0 aliphatic rings. The standard InChI is InChI=1S/C13H18N4OS/c1-17-10-15-16-13(17)19-8-4-7-18-12-6-3-2-5-11(12)9-14/h2-3,5-6,10H,4,7-9,14H2,1H3. The minimum atomic E-state index is 0.504. The van der Waals surface area contributed by atoms with Crippen LogP contribution in [-0.4, -0.2) is 27.1 Å². The minimum absolute atomic E-state index is 0.504. The molecule has 102 valence electrons. The predicted molar refractivity (Wildman–Crippen MR) is 76.2 cm³/mol. The van der Waals surface area contributed by atoms with E-state index in [-0.39, 0.29) is 0 Å². The van der Waals surface area contributed by atoms with Crippen LogP contribution in [0.3, 0.4) is 0 Å². The summed E-state index contributed by atoms with van der Waals surface area (Å²) in [5.41, 5.74) is 6.70. The summed E-state index contributed by atoms with van der Waals surface area (Å²) in [5.74, 6) is 1.84. The van der Waals surface area contributed by atoms with Crippen molar-refractivity contribution < 1.29 is 4.74 Å². The second-order valence-electron chi connectivity index (χ2n) is 4.09. The van der Waals surface area contributed by atoms with Crippen molar-refractivity contribution in [2.45, 2.75) is 18.1 Å². The molecule has 0 aliphatic heterocycles. The Balaban J connectivity index is 1.71. The molecular formula is C13H18N4OS. The van der Waals surface area contributed by atoms with E-state index in [0.29, 0.717) is 13.2 Å². The summed E-state index contributed by atoms with van der Waals surface area (Å²) in [5, 5.41) is 8.79. The van der Waals surface area contributed by atoms with Crippen LogP contribution in [0, 0.1) is 0 Å². The predicted octanol–water partition coefficient (Wildman–Crippen LogP) is 1.83. The van der Waals surface area contributed by atoms with Crippen molar-refractivity contribution in [3.05, 3.63) is 36.2 Å².